The number of amides is 4. The molecule has 0 saturated carbocycles. The summed E-state index contributed by atoms with van der Waals surface area (Å²) in [4.78, 5) is 123. The second-order valence-corrected chi connectivity index (χ2v) is 21.5. The fraction of sp³-hybridized carbons (Fsp3) is 0.526. The van der Waals surface area contributed by atoms with Crippen molar-refractivity contribution in [3.05, 3.63) is 87.5 Å². The summed E-state index contributed by atoms with van der Waals surface area (Å²) < 4.78 is 17.8. The average Bonchev–Trinajstić information content (AvgIpc) is 4.06. The molecule has 22 nitrogen and oxygen atoms in total. The van der Waals surface area contributed by atoms with Crippen molar-refractivity contribution in [2.24, 2.45) is 17.8 Å². The first-order valence-electron chi connectivity index (χ1n) is 26.7. The molecule has 4 amide bonds. The van der Waals surface area contributed by atoms with Gasteiger partial charge in [0.15, 0.2) is 23.6 Å². The zero-order valence-corrected chi connectivity index (χ0v) is 44.8. The summed E-state index contributed by atoms with van der Waals surface area (Å²) in [6, 6.07) is 10.1. The molecule has 0 radical (unpaired) electrons. The Bertz CT molecular complexity index is 2860. The number of carbonyl (C=O) groups is 9. The number of nitrogens with one attached hydrogen (secondary N) is 3. The molecule has 79 heavy (non-hydrogen) atoms. The first-order chi connectivity index (χ1) is 37.5. The Morgan fingerprint density at radius 3 is 2.29 bits per heavy atom. The third-order valence-electron chi connectivity index (χ3n) is 15.4. The number of phenols is 2. The molecule has 2 aliphatic heterocycles. The van der Waals surface area contributed by atoms with Gasteiger partial charge >= 0.3 is 5.97 Å². The number of rotatable bonds is 23. The summed E-state index contributed by atoms with van der Waals surface area (Å²) in [5, 5.41) is 74.3. The predicted molar refractivity (Wildman–Crippen MR) is 279 cm³/mol. The van der Waals surface area contributed by atoms with Crippen molar-refractivity contribution in [3.8, 4) is 17.2 Å². The number of aliphatic hydroxyl groups is 3. The number of aromatic hydroxyl groups is 2. The highest BCUT2D eigenvalue weighted by molar-refractivity contribution is 6.31. The van der Waals surface area contributed by atoms with E-state index in [2.05, 4.69) is 16.0 Å². The number of phenolic OH excluding ortho intramolecular Hbond substituents is 2. The lowest BCUT2D eigenvalue weighted by Crippen LogP contribution is -2.57. The molecule has 3 aromatic carbocycles. The van der Waals surface area contributed by atoms with E-state index >= 15 is 0 Å². The van der Waals surface area contributed by atoms with Crippen LogP contribution in [0.4, 0.5) is 0 Å². The zero-order chi connectivity index (χ0) is 57.6. The van der Waals surface area contributed by atoms with Crippen molar-refractivity contribution in [1.82, 2.24) is 20.9 Å². The lowest BCUT2D eigenvalue weighted by molar-refractivity contribution is -0.249. The number of hydrogen-bond donors (Lipinski definition) is 9. The summed E-state index contributed by atoms with van der Waals surface area (Å²) in [6.45, 7) is 6.08. The van der Waals surface area contributed by atoms with Gasteiger partial charge in [-0.05, 0) is 56.6 Å². The van der Waals surface area contributed by atoms with Crippen LogP contribution < -0.4 is 20.7 Å². The molecule has 9 N–H and O–H groups in total. The Labute approximate surface area is 456 Å². The molecule has 0 aromatic heterocycles. The fourth-order valence-corrected chi connectivity index (χ4v) is 11.1. The van der Waals surface area contributed by atoms with Gasteiger partial charge in [0.25, 0.3) is 0 Å². The molecule has 7 rings (SSSR count). The number of nitrogens with zero attached hydrogens (tertiary/aromatic N) is 1. The minimum Gasteiger partial charge on any atom is -0.507 e. The maximum absolute atomic E-state index is 14.6. The number of carboxylic acids is 1. The Kier molecular flexibility index (Phi) is 19.1. The fourth-order valence-electron chi connectivity index (χ4n) is 11.1. The number of fused-ring (bicyclic) bond motifs is 3. The SMILES string of the molecule is COc1cccc2c1C(=O)c1c(O)c3c(c(O)c1C2=O)CC(O)(C(=O)CO)CC3OC1CC(NC(=O)C(CC(=O)C2CCCN2C(=O)C(CC(C)C)NC(=O)C(C)CCNC(=O)CCC(=O)O)Cc2ccccc2)C(O)C(C)O1. The molecule has 2 fully saturated rings. The second kappa shape index (κ2) is 25.3. The van der Waals surface area contributed by atoms with Crippen molar-refractivity contribution >= 4 is 52.7 Å². The van der Waals surface area contributed by atoms with Gasteiger partial charge in [0.1, 0.15) is 41.6 Å². The number of benzene rings is 3. The van der Waals surface area contributed by atoms with E-state index in [4.69, 9.17) is 19.3 Å². The molecule has 3 aromatic rings. The summed E-state index contributed by atoms with van der Waals surface area (Å²) in [5.41, 5.74) is -3.75. The number of ketones is 4. The highest BCUT2D eigenvalue weighted by Crippen LogP contribution is 2.52. The normalized spacial score (nSPS) is 23.6. The van der Waals surface area contributed by atoms with Crippen LogP contribution in [0.1, 0.15) is 140 Å². The molecule has 0 spiro atoms. The van der Waals surface area contributed by atoms with Gasteiger partial charge in [0.05, 0.1) is 54.5 Å². The van der Waals surface area contributed by atoms with E-state index in [1.165, 1.54) is 37.1 Å². The van der Waals surface area contributed by atoms with Crippen LogP contribution in [-0.4, -0.2) is 157 Å². The van der Waals surface area contributed by atoms with E-state index in [1.807, 2.05) is 13.8 Å². The largest absolute Gasteiger partial charge is 0.507 e. The summed E-state index contributed by atoms with van der Waals surface area (Å²) >= 11 is 0. The Balaban J connectivity index is 1.09. The number of hydrogen-bond acceptors (Lipinski definition) is 17. The van der Waals surface area contributed by atoms with Gasteiger partial charge in [-0.25, -0.2) is 0 Å². The maximum atomic E-state index is 14.6. The van der Waals surface area contributed by atoms with Gasteiger partial charge < -0.3 is 65.7 Å². The zero-order valence-electron chi connectivity index (χ0n) is 44.8. The molecular weight excluding hydrogens is 1030 g/mol. The van der Waals surface area contributed by atoms with E-state index < -0.39 is 155 Å². The van der Waals surface area contributed by atoms with Gasteiger partial charge in [-0.2, -0.15) is 0 Å². The molecule has 2 heterocycles. The minimum absolute atomic E-state index is 0.0206. The van der Waals surface area contributed by atoms with Crippen LogP contribution in [0.15, 0.2) is 48.5 Å². The third-order valence-corrected chi connectivity index (χ3v) is 15.4. The third kappa shape index (κ3) is 13.2. The molecule has 4 aliphatic rings. The molecular formula is C57H70N4O18. The molecule has 2 saturated heterocycles. The van der Waals surface area contributed by atoms with Crippen molar-refractivity contribution in [2.45, 2.75) is 147 Å². The van der Waals surface area contributed by atoms with Crippen molar-refractivity contribution in [1.29, 1.82) is 0 Å². The molecule has 10 unspecified atom stereocenters. The number of likely N-dealkylation sites (tertiary alicyclic amines) is 1. The van der Waals surface area contributed by atoms with E-state index in [9.17, 15) is 68.7 Å². The van der Waals surface area contributed by atoms with Gasteiger partial charge in [0, 0.05) is 73.7 Å². The van der Waals surface area contributed by atoms with Crippen molar-refractivity contribution in [3.63, 3.8) is 0 Å². The summed E-state index contributed by atoms with van der Waals surface area (Å²) in [7, 11) is 1.29. The van der Waals surface area contributed by atoms with Crippen molar-refractivity contribution < 1.29 is 88.0 Å². The van der Waals surface area contributed by atoms with Crippen LogP contribution in [0.3, 0.4) is 0 Å². The van der Waals surface area contributed by atoms with Gasteiger partial charge in [-0.3, -0.25) is 43.2 Å². The smallest absolute Gasteiger partial charge is 0.303 e. The topological polar surface area (TPSA) is 342 Å². The predicted octanol–water partition coefficient (Wildman–Crippen LogP) is 2.51. The number of Topliss-reactive ketones (excluding diaryl/α,β-unsaturated/α-hetero) is 2. The van der Waals surface area contributed by atoms with Crippen LogP contribution in [-0.2, 0) is 55.9 Å². The number of aliphatic hydroxyl groups excluding tert-OH is 2. The van der Waals surface area contributed by atoms with E-state index in [0.29, 0.717) is 18.4 Å². The monoisotopic (exact) mass is 1100 g/mol. The summed E-state index contributed by atoms with van der Waals surface area (Å²) in [5.74, 6) is -9.64. The van der Waals surface area contributed by atoms with Crippen LogP contribution in [0.2, 0.25) is 0 Å². The number of carboxylic acid groups (broad SMARTS) is 1. The first-order valence-corrected chi connectivity index (χ1v) is 26.7. The number of carbonyl (C=O) groups excluding carboxylic acids is 8. The van der Waals surface area contributed by atoms with Crippen LogP contribution in [0.5, 0.6) is 17.2 Å². The van der Waals surface area contributed by atoms with Crippen LogP contribution in [0.25, 0.3) is 0 Å². The number of ether oxygens (including phenoxy) is 3. The van der Waals surface area contributed by atoms with Gasteiger partial charge in [-0.15, -0.1) is 0 Å². The highest BCUT2D eigenvalue weighted by atomic mass is 16.7. The van der Waals surface area contributed by atoms with Crippen LogP contribution >= 0.6 is 0 Å². The Morgan fingerprint density at radius 2 is 1.62 bits per heavy atom. The molecule has 22 heteroatoms. The maximum Gasteiger partial charge on any atom is 0.303 e. The standard InChI is InChI=1S/C57H70N4O18/c1-28(2)21-36(60-54(73)29(3)18-19-58-42(65)16-17-43(66)67)56(75)61-20-10-14-37(61)38(63)23-32(22-31-11-7-6-8-12-31)55(74)59-35-24-44(78-30(4)49(35)68)79-40-26-57(76,41(64)27-62)25-34-46(40)53(72)48-47(51(34)70)50(69)33-13-9-15-39(77-5)45(33)52(48)71/h6-9,11-13,15,28-30,32,35-37,40,44,49,62,68,70,72,76H,10,14,16-27H2,1-5H3,(H,58,65)(H,59,74)(H,60,73)(H,66,67). The van der Waals surface area contributed by atoms with E-state index in [1.54, 1.807) is 37.3 Å². The molecule has 10 atom stereocenters. The lowest BCUT2D eigenvalue weighted by Gasteiger charge is -2.43. The van der Waals surface area contributed by atoms with Crippen molar-refractivity contribution in [2.75, 3.05) is 26.8 Å². The second-order valence-electron chi connectivity index (χ2n) is 21.5. The van der Waals surface area contributed by atoms with E-state index in [-0.39, 0.29) is 92.0 Å². The Morgan fingerprint density at radius 1 is 0.911 bits per heavy atom. The minimum atomic E-state index is -2.44. The van der Waals surface area contributed by atoms with Crippen LogP contribution in [0, 0.1) is 17.8 Å². The number of methoxy groups -OCH3 is 1. The van der Waals surface area contributed by atoms with E-state index in [0.717, 1.165) is 0 Å². The number of aliphatic carboxylic acids is 1. The summed E-state index contributed by atoms with van der Waals surface area (Å²) in [6.07, 6.45) is -6.62. The van der Waals surface area contributed by atoms with Gasteiger partial charge in [0.2, 0.25) is 29.4 Å². The lowest BCUT2D eigenvalue weighted by atomic mass is 9.72. The average molecular weight is 1100 g/mol. The highest BCUT2D eigenvalue weighted by Gasteiger charge is 2.51. The molecule has 2 aliphatic carbocycles. The first kappa shape index (κ1) is 59.5. The Hall–Kier alpha value is -7.11. The van der Waals surface area contributed by atoms with Gasteiger partial charge in [-0.1, -0.05) is 63.2 Å². The molecule has 426 valence electrons. The molecule has 0 bridgehead atoms. The quantitative estimate of drug-likeness (QED) is 0.0482.